The number of aryl methyl sites for hydroxylation is 1. The highest BCUT2D eigenvalue weighted by molar-refractivity contribution is 5.96. The second-order valence-electron chi connectivity index (χ2n) is 7.06. The Morgan fingerprint density at radius 2 is 1.55 bits per heavy atom. The molecule has 7 heteroatoms. The van der Waals surface area contributed by atoms with E-state index in [1.165, 1.54) is 0 Å². The summed E-state index contributed by atoms with van der Waals surface area (Å²) < 4.78 is 0. The van der Waals surface area contributed by atoms with Crippen molar-refractivity contribution in [2.45, 2.75) is 34.1 Å². The van der Waals surface area contributed by atoms with Gasteiger partial charge in [-0.3, -0.25) is 14.4 Å². The van der Waals surface area contributed by atoms with Crippen molar-refractivity contribution < 1.29 is 14.4 Å². The molecule has 0 bridgehead atoms. The molecule has 29 heavy (non-hydrogen) atoms. The van der Waals surface area contributed by atoms with Crippen LogP contribution in [0.15, 0.2) is 42.5 Å². The lowest BCUT2D eigenvalue weighted by molar-refractivity contribution is -0.119. The molecule has 2 aromatic rings. The molecule has 2 aromatic carbocycles. The summed E-state index contributed by atoms with van der Waals surface area (Å²) in [6.45, 7) is 7.39. The standard InChI is InChI=1S/C22H28N4O3/c1-5-20(27)26-19-12-18(10-9-15(19)4)24-21(28)13-23-16-7-6-8-17(11-16)25-22(29)14(2)3/h6-12,14,23H,5,13H2,1-4H3,(H,24,28)(H,25,29)(H,26,27). The largest absolute Gasteiger partial charge is 0.376 e. The summed E-state index contributed by atoms with van der Waals surface area (Å²) >= 11 is 0. The molecule has 0 aliphatic rings. The van der Waals surface area contributed by atoms with Crippen LogP contribution in [0.4, 0.5) is 22.7 Å². The van der Waals surface area contributed by atoms with Crippen molar-refractivity contribution in [3.8, 4) is 0 Å². The molecule has 154 valence electrons. The fourth-order valence-electron chi connectivity index (χ4n) is 2.45. The Bertz CT molecular complexity index is 893. The lowest BCUT2D eigenvalue weighted by Gasteiger charge is -2.13. The Morgan fingerprint density at radius 3 is 2.24 bits per heavy atom. The van der Waals surface area contributed by atoms with Crippen molar-refractivity contribution in [1.29, 1.82) is 0 Å². The van der Waals surface area contributed by atoms with E-state index in [1.807, 2.05) is 32.9 Å². The number of hydrogen-bond donors (Lipinski definition) is 4. The smallest absolute Gasteiger partial charge is 0.243 e. The molecule has 0 saturated carbocycles. The molecule has 0 aromatic heterocycles. The van der Waals surface area contributed by atoms with Gasteiger partial charge in [-0.1, -0.05) is 32.9 Å². The molecular weight excluding hydrogens is 368 g/mol. The third-order valence-electron chi connectivity index (χ3n) is 4.22. The van der Waals surface area contributed by atoms with Gasteiger partial charge in [-0.25, -0.2) is 0 Å². The zero-order chi connectivity index (χ0) is 21.4. The Kier molecular flexibility index (Phi) is 7.77. The Balaban J connectivity index is 1.94. The van der Waals surface area contributed by atoms with Gasteiger partial charge in [0.2, 0.25) is 17.7 Å². The third kappa shape index (κ3) is 6.95. The van der Waals surface area contributed by atoms with Crippen LogP contribution in [0.25, 0.3) is 0 Å². The van der Waals surface area contributed by atoms with Gasteiger partial charge in [-0.05, 0) is 42.8 Å². The summed E-state index contributed by atoms with van der Waals surface area (Å²) in [5.74, 6) is -0.481. The molecule has 7 nitrogen and oxygen atoms in total. The highest BCUT2D eigenvalue weighted by Gasteiger charge is 2.09. The average molecular weight is 396 g/mol. The normalized spacial score (nSPS) is 10.4. The van der Waals surface area contributed by atoms with Gasteiger partial charge in [0.15, 0.2) is 0 Å². The van der Waals surface area contributed by atoms with Gasteiger partial charge in [0.05, 0.1) is 6.54 Å². The lowest BCUT2D eigenvalue weighted by Crippen LogP contribution is -2.22. The van der Waals surface area contributed by atoms with Gasteiger partial charge in [0.1, 0.15) is 0 Å². The number of nitrogens with one attached hydrogen (secondary N) is 4. The quantitative estimate of drug-likeness (QED) is 0.542. The predicted octanol–water partition coefficient (Wildman–Crippen LogP) is 3.99. The molecule has 0 saturated heterocycles. The van der Waals surface area contributed by atoms with Gasteiger partial charge in [-0.2, -0.15) is 0 Å². The van der Waals surface area contributed by atoms with Crippen LogP contribution in [0.3, 0.4) is 0 Å². The second kappa shape index (κ2) is 10.3. The first-order valence-corrected chi connectivity index (χ1v) is 9.63. The number of carbonyl (C=O) groups is 3. The molecule has 0 unspecified atom stereocenters. The highest BCUT2D eigenvalue weighted by Crippen LogP contribution is 2.21. The minimum Gasteiger partial charge on any atom is -0.376 e. The number of benzene rings is 2. The predicted molar refractivity (Wildman–Crippen MR) is 117 cm³/mol. The number of rotatable bonds is 8. The van der Waals surface area contributed by atoms with E-state index < -0.39 is 0 Å². The maximum atomic E-state index is 12.3. The number of carbonyl (C=O) groups excluding carboxylic acids is 3. The van der Waals surface area contributed by atoms with Crippen LogP contribution in [0.1, 0.15) is 32.8 Å². The topological polar surface area (TPSA) is 99.3 Å². The van der Waals surface area contributed by atoms with E-state index in [0.717, 1.165) is 11.3 Å². The van der Waals surface area contributed by atoms with E-state index in [1.54, 1.807) is 37.3 Å². The first kappa shape index (κ1) is 21.9. The lowest BCUT2D eigenvalue weighted by atomic mass is 10.1. The monoisotopic (exact) mass is 396 g/mol. The average Bonchev–Trinajstić information content (AvgIpc) is 2.69. The minimum atomic E-state index is -0.224. The Labute approximate surface area is 171 Å². The summed E-state index contributed by atoms with van der Waals surface area (Å²) in [5.41, 5.74) is 3.59. The van der Waals surface area contributed by atoms with Crippen molar-refractivity contribution in [1.82, 2.24) is 0 Å². The molecule has 3 amide bonds. The zero-order valence-electron chi connectivity index (χ0n) is 17.3. The van der Waals surface area contributed by atoms with Gasteiger partial charge in [0.25, 0.3) is 0 Å². The summed E-state index contributed by atoms with van der Waals surface area (Å²) in [5, 5.41) is 11.5. The van der Waals surface area contributed by atoms with Crippen LogP contribution in [-0.2, 0) is 14.4 Å². The van der Waals surface area contributed by atoms with E-state index in [2.05, 4.69) is 21.3 Å². The van der Waals surface area contributed by atoms with Crippen LogP contribution >= 0.6 is 0 Å². The molecule has 0 fully saturated rings. The van der Waals surface area contributed by atoms with Gasteiger partial charge in [-0.15, -0.1) is 0 Å². The third-order valence-corrected chi connectivity index (χ3v) is 4.22. The number of hydrogen-bond acceptors (Lipinski definition) is 4. The summed E-state index contributed by atoms with van der Waals surface area (Å²) in [6.07, 6.45) is 0.386. The summed E-state index contributed by atoms with van der Waals surface area (Å²) in [7, 11) is 0. The van der Waals surface area contributed by atoms with Crippen LogP contribution in [0, 0.1) is 12.8 Å². The van der Waals surface area contributed by atoms with E-state index in [0.29, 0.717) is 23.5 Å². The molecule has 2 rings (SSSR count). The Hall–Kier alpha value is -3.35. The van der Waals surface area contributed by atoms with E-state index in [9.17, 15) is 14.4 Å². The molecule has 0 atom stereocenters. The Morgan fingerprint density at radius 1 is 0.862 bits per heavy atom. The first-order valence-electron chi connectivity index (χ1n) is 9.63. The van der Waals surface area contributed by atoms with E-state index >= 15 is 0 Å². The minimum absolute atomic E-state index is 0.0616. The maximum Gasteiger partial charge on any atom is 0.243 e. The van der Waals surface area contributed by atoms with Crippen molar-refractivity contribution in [2.75, 3.05) is 27.8 Å². The molecule has 0 heterocycles. The number of anilines is 4. The summed E-state index contributed by atoms with van der Waals surface area (Å²) in [6, 6.07) is 12.6. The van der Waals surface area contributed by atoms with Crippen molar-refractivity contribution in [3.05, 3.63) is 48.0 Å². The fourth-order valence-corrected chi connectivity index (χ4v) is 2.45. The first-order chi connectivity index (χ1) is 13.8. The second-order valence-corrected chi connectivity index (χ2v) is 7.06. The fraction of sp³-hybridized carbons (Fsp3) is 0.318. The molecular formula is C22H28N4O3. The van der Waals surface area contributed by atoms with E-state index in [4.69, 9.17) is 0 Å². The van der Waals surface area contributed by atoms with Crippen molar-refractivity contribution in [2.24, 2.45) is 5.92 Å². The van der Waals surface area contributed by atoms with Gasteiger partial charge < -0.3 is 21.3 Å². The molecule has 4 N–H and O–H groups in total. The molecule has 0 radical (unpaired) electrons. The number of amides is 3. The van der Waals surface area contributed by atoms with Crippen molar-refractivity contribution in [3.63, 3.8) is 0 Å². The van der Waals surface area contributed by atoms with Crippen LogP contribution < -0.4 is 21.3 Å². The van der Waals surface area contributed by atoms with Crippen molar-refractivity contribution >= 4 is 40.5 Å². The van der Waals surface area contributed by atoms with E-state index in [-0.39, 0.29) is 30.2 Å². The SMILES string of the molecule is CCC(=O)Nc1cc(NC(=O)CNc2cccc(NC(=O)C(C)C)c2)ccc1C. The maximum absolute atomic E-state index is 12.3. The van der Waals surface area contributed by atoms with Crippen LogP contribution in [-0.4, -0.2) is 24.3 Å². The van der Waals surface area contributed by atoms with Gasteiger partial charge >= 0.3 is 0 Å². The summed E-state index contributed by atoms with van der Waals surface area (Å²) in [4.78, 5) is 35.7. The highest BCUT2D eigenvalue weighted by atomic mass is 16.2. The van der Waals surface area contributed by atoms with Crippen LogP contribution in [0.2, 0.25) is 0 Å². The van der Waals surface area contributed by atoms with Gasteiger partial charge in [0, 0.05) is 35.1 Å². The van der Waals surface area contributed by atoms with Crippen LogP contribution in [0.5, 0.6) is 0 Å². The molecule has 0 aliphatic heterocycles. The molecule has 0 spiro atoms. The zero-order valence-corrected chi connectivity index (χ0v) is 17.3. The molecule has 0 aliphatic carbocycles.